The van der Waals surface area contributed by atoms with Crippen LogP contribution in [0, 0.1) is 10.5 Å². The third-order valence-corrected chi connectivity index (χ3v) is 4.83. The topological polar surface area (TPSA) is 101 Å². The third kappa shape index (κ3) is 5.44. The summed E-state index contributed by atoms with van der Waals surface area (Å²) in [5, 5.41) is 12.9. The predicted octanol–water partition coefficient (Wildman–Crippen LogP) is 4.09. The number of carbonyl (C=O) groups excluding carboxylic acids is 1. The molecule has 0 aliphatic heterocycles. The number of aromatic carboxylic acids is 1. The van der Waals surface area contributed by atoms with Crippen molar-refractivity contribution in [3.05, 3.63) is 75.1 Å². The quantitative estimate of drug-likeness (QED) is 0.287. The van der Waals surface area contributed by atoms with E-state index in [9.17, 15) is 9.59 Å². The number of rotatable bonds is 7. The predicted molar refractivity (Wildman–Crippen MR) is 116 cm³/mol. The van der Waals surface area contributed by atoms with Crippen LogP contribution in [0.2, 0.25) is 0 Å². The van der Waals surface area contributed by atoms with Crippen LogP contribution in [0.5, 0.6) is 5.75 Å². The Morgan fingerprint density at radius 3 is 2.72 bits per heavy atom. The lowest BCUT2D eigenvalue weighted by Crippen LogP contribution is -2.24. The highest BCUT2D eigenvalue weighted by atomic mass is 127. The molecule has 3 aromatic rings. The number of hydrazone groups is 1. The standard InChI is InChI=1S/C21H17IN2O5/c1-13-10-14(21(26)27)6-8-16(13)18-9-7-15(29-18)11-23-24-20(25)12-28-19-5-3-2-4-17(19)22/h2-11H,12H2,1H3,(H,24,25)(H,26,27)/b23-11+. The van der Waals surface area contributed by atoms with Gasteiger partial charge in [-0.3, -0.25) is 4.79 Å². The maximum Gasteiger partial charge on any atom is 0.335 e. The zero-order valence-electron chi connectivity index (χ0n) is 15.4. The van der Waals surface area contributed by atoms with Gasteiger partial charge in [-0.1, -0.05) is 18.2 Å². The molecular weight excluding hydrogens is 487 g/mol. The molecule has 0 aliphatic rings. The molecule has 8 heteroatoms. The van der Waals surface area contributed by atoms with E-state index in [2.05, 4.69) is 33.1 Å². The summed E-state index contributed by atoms with van der Waals surface area (Å²) >= 11 is 2.13. The number of para-hydroxylation sites is 1. The number of benzene rings is 2. The first-order valence-corrected chi connectivity index (χ1v) is 9.65. The second kappa shape index (κ2) is 9.37. The largest absolute Gasteiger partial charge is 0.483 e. The first-order valence-electron chi connectivity index (χ1n) is 8.57. The average molecular weight is 504 g/mol. The van der Waals surface area contributed by atoms with Crippen LogP contribution in [0.3, 0.4) is 0 Å². The minimum atomic E-state index is -0.978. The van der Waals surface area contributed by atoms with Crippen molar-refractivity contribution in [1.29, 1.82) is 0 Å². The second-order valence-electron chi connectivity index (χ2n) is 6.05. The van der Waals surface area contributed by atoms with Gasteiger partial charge in [-0.05, 0) is 71.5 Å². The van der Waals surface area contributed by atoms with Gasteiger partial charge in [0.2, 0.25) is 0 Å². The lowest BCUT2D eigenvalue weighted by atomic mass is 10.0. The van der Waals surface area contributed by atoms with Crippen molar-refractivity contribution in [1.82, 2.24) is 5.43 Å². The van der Waals surface area contributed by atoms with E-state index in [4.69, 9.17) is 14.3 Å². The van der Waals surface area contributed by atoms with E-state index < -0.39 is 11.9 Å². The second-order valence-corrected chi connectivity index (χ2v) is 7.21. The Balaban J connectivity index is 1.57. The number of hydrogen-bond acceptors (Lipinski definition) is 5. The van der Waals surface area contributed by atoms with Gasteiger partial charge in [0, 0.05) is 5.56 Å². The molecule has 0 unspecified atom stereocenters. The van der Waals surface area contributed by atoms with E-state index in [-0.39, 0.29) is 12.2 Å². The molecule has 0 fully saturated rings. The highest BCUT2D eigenvalue weighted by Crippen LogP contribution is 2.26. The van der Waals surface area contributed by atoms with Gasteiger partial charge in [0.05, 0.1) is 15.3 Å². The van der Waals surface area contributed by atoms with Crippen molar-refractivity contribution < 1.29 is 23.8 Å². The van der Waals surface area contributed by atoms with Crippen molar-refractivity contribution in [2.45, 2.75) is 6.92 Å². The van der Waals surface area contributed by atoms with Crippen LogP contribution in [0.4, 0.5) is 0 Å². The normalized spacial score (nSPS) is 10.8. The van der Waals surface area contributed by atoms with Gasteiger partial charge in [0.15, 0.2) is 6.61 Å². The fourth-order valence-electron chi connectivity index (χ4n) is 2.55. The van der Waals surface area contributed by atoms with Gasteiger partial charge in [0.25, 0.3) is 5.91 Å². The lowest BCUT2D eigenvalue weighted by Gasteiger charge is -2.06. The van der Waals surface area contributed by atoms with E-state index in [1.54, 1.807) is 30.3 Å². The molecule has 3 rings (SSSR count). The number of carbonyl (C=O) groups is 2. The molecule has 1 heterocycles. The summed E-state index contributed by atoms with van der Waals surface area (Å²) in [4.78, 5) is 22.9. The van der Waals surface area contributed by atoms with Crippen molar-refractivity contribution >= 4 is 40.7 Å². The van der Waals surface area contributed by atoms with Crippen LogP contribution in [-0.2, 0) is 4.79 Å². The Kier molecular flexibility index (Phi) is 6.65. The van der Waals surface area contributed by atoms with E-state index >= 15 is 0 Å². The molecule has 1 aromatic heterocycles. The third-order valence-electron chi connectivity index (χ3n) is 3.94. The van der Waals surface area contributed by atoms with Gasteiger partial charge in [-0.25, -0.2) is 10.2 Å². The molecule has 7 nitrogen and oxygen atoms in total. The van der Waals surface area contributed by atoms with E-state index in [0.717, 1.165) is 14.7 Å². The van der Waals surface area contributed by atoms with Gasteiger partial charge < -0.3 is 14.3 Å². The molecule has 0 aliphatic carbocycles. The molecule has 148 valence electrons. The Bertz CT molecular complexity index is 1070. The van der Waals surface area contributed by atoms with Crippen molar-refractivity contribution in [3.63, 3.8) is 0 Å². The first kappa shape index (κ1) is 20.6. The molecule has 0 spiro atoms. The Morgan fingerprint density at radius 2 is 2.00 bits per heavy atom. The maximum absolute atomic E-state index is 11.8. The number of hydrogen-bond donors (Lipinski definition) is 2. The van der Waals surface area contributed by atoms with Crippen LogP contribution in [0.25, 0.3) is 11.3 Å². The summed E-state index contributed by atoms with van der Waals surface area (Å²) in [5.41, 5.74) is 4.16. The number of carboxylic acid groups (broad SMARTS) is 1. The van der Waals surface area contributed by atoms with Crippen molar-refractivity contribution in [2.24, 2.45) is 5.10 Å². The summed E-state index contributed by atoms with van der Waals surface area (Å²) in [5.74, 6) is 0.281. The Morgan fingerprint density at radius 1 is 1.21 bits per heavy atom. The number of ether oxygens (including phenoxy) is 1. The number of aryl methyl sites for hydroxylation is 1. The lowest BCUT2D eigenvalue weighted by molar-refractivity contribution is -0.123. The average Bonchev–Trinajstić information content (AvgIpc) is 3.15. The minimum Gasteiger partial charge on any atom is -0.483 e. The highest BCUT2D eigenvalue weighted by Gasteiger charge is 2.10. The molecule has 0 saturated heterocycles. The van der Waals surface area contributed by atoms with Gasteiger partial charge in [0.1, 0.15) is 17.3 Å². The zero-order chi connectivity index (χ0) is 20.8. The number of amides is 1. The van der Waals surface area contributed by atoms with E-state index in [1.807, 2.05) is 25.1 Å². The van der Waals surface area contributed by atoms with Crippen LogP contribution >= 0.6 is 22.6 Å². The summed E-state index contributed by atoms with van der Waals surface area (Å²) in [6, 6.07) is 15.7. The van der Waals surface area contributed by atoms with Crippen molar-refractivity contribution in [3.8, 4) is 17.1 Å². The molecule has 0 radical (unpaired) electrons. The van der Waals surface area contributed by atoms with Crippen LogP contribution in [-0.4, -0.2) is 29.8 Å². The van der Waals surface area contributed by atoms with Crippen LogP contribution < -0.4 is 10.2 Å². The van der Waals surface area contributed by atoms with Crippen LogP contribution in [0.15, 0.2) is 64.1 Å². The van der Waals surface area contributed by atoms with E-state index in [0.29, 0.717) is 17.3 Å². The van der Waals surface area contributed by atoms with Gasteiger partial charge >= 0.3 is 5.97 Å². The Hall–Kier alpha value is -3.14. The smallest absolute Gasteiger partial charge is 0.335 e. The number of nitrogens with zero attached hydrogens (tertiary/aromatic N) is 1. The fourth-order valence-corrected chi connectivity index (χ4v) is 3.09. The molecule has 2 N–H and O–H groups in total. The molecule has 0 bridgehead atoms. The number of halogens is 1. The molecule has 29 heavy (non-hydrogen) atoms. The van der Waals surface area contributed by atoms with Gasteiger partial charge in [-0.2, -0.15) is 5.10 Å². The molecule has 0 atom stereocenters. The first-order chi connectivity index (χ1) is 13.9. The highest BCUT2D eigenvalue weighted by molar-refractivity contribution is 14.1. The fraction of sp³-hybridized carbons (Fsp3) is 0.0952. The summed E-state index contributed by atoms with van der Waals surface area (Å²) in [7, 11) is 0. The minimum absolute atomic E-state index is 0.157. The molecule has 0 saturated carbocycles. The van der Waals surface area contributed by atoms with Crippen LogP contribution in [0.1, 0.15) is 21.7 Å². The number of nitrogens with one attached hydrogen (secondary N) is 1. The Labute approximate surface area is 180 Å². The number of furan rings is 1. The van der Waals surface area contributed by atoms with Gasteiger partial charge in [-0.15, -0.1) is 0 Å². The number of carboxylic acids is 1. The molecule has 2 aromatic carbocycles. The maximum atomic E-state index is 11.8. The molecular formula is C21H17IN2O5. The summed E-state index contributed by atoms with van der Waals surface area (Å²) in [6.07, 6.45) is 1.38. The van der Waals surface area contributed by atoms with Crippen molar-refractivity contribution in [2.75, 3.05) is 6.61 Å². The zero-order valence-corrected chi connectivity index (χ0v) is 17.5. The SMILES string of the molecule is Cc1cc(C(=O)O)ccc1-c1ccc(/C=N/NC(=O)COc2ccccc2I)o1. The van der Waals surface area contributed by atoms with E-state index in [1.165, 1.54) is 12.3 Å². The summed E-state index contributed by atoms with van der Waals surface area (Å²) in [6.45, 7) is 1.65. The monoisotopic (exact) mass is 504 g/mol. The summed E-state index contributed by atoms with van der Waals surface area (Å²) < 4.78 is 12.1. The molecule has 1 amide bonds.